The fraction of sp³-hybridized carbons (Fsp3) is 0.0667. The average molecular weight is 434 g/mol. The molecular formula is C15H13Cl2N3O4S2. The van der Waals surface area contributed by atoms with Gasteiger partial charge in [-0.05, 0) is 29.8 Å². The third-order valence-corrected chi connectivity index (χ3v) is 6.31. The highest BCUT2D eigenvalue weighted by atomic mass is 35.5. The van der Waals surface area contributed by atoms with Crippen molar-refractivity contribution < 1.29 is 16.8 Å². The Morgan fingerprint density at radius 2 is 1.62 bits per heavy atom. The number of hydrogen-bond donors (Lipinski definition) is 3. The maximum Gasteiger partial charge on any atom is 0.261 e. The van der Waals surface area contributed by atoms with Crippen molar-refractivity contribution in [1.82, 2.24) is 4.98 Å². The highest BCUT2D eigenvalue weighted by Crippen LogP contribution is 2.35. The van der Waals surface area contributed by atoms with Crippen LogP contribution in [-0.2, 0) is 25.8 Å². The van der Waals surface area contributed by atoms with Crippen LogP contribution in [0.2, 0.25) is 10.0 Å². The molecule has 0 aliphatic rings. The van der Waals surface area contributed by atoms with Crippen molar-refractivity contribution >= 4 is 59.8 Å². The first kappa shape index (κ1) is 19.0. The summed E-state index contributed by atoms with van der Waals surface area (Å²) in [5.74, 6) is -0.375. The first-order chi connectivity index (χ1) is 12.1. The summed E-state index contributed by atoms with van der Waals surface area (Å²) in [6.07, 6.45) is 1.51. The second-order valence-electron chi connectivity index (χ2n) is 5.54. The lowest BCUT2D eigenvalue weighted by Gasteiger charge is -2.10. The van der Waals surface area contributed by atoms with E-state index in [4.69, 9.17) is 28.3 Å². The van der Waals surface area contributed by atoms with Gasteiger partial charge in [0, 0.05) is 11.6 Å². The smallest absolute Gasteiger partial charge is 0.261 e. The first-order valence-electron chi connectivity index (χ1n) is 7.14. The van der Waals surface area contributed by atoms with E-state index in [1.54, 1.807) is 0 Å². The highest BCUT2D eigenvalue weighted by Gasteiger charge is 2.18. The molecule has 0 atom stereocenters. The summed E-state index contributed by atoms with van der Waals surface area (Å²) in [6, 6.07) is 8.44. The zero-order chi connectivity index (χ0) is 19.1. The number of sulfonamides is 2. The monoisotopic (exact) mass is 433 g/mol. The van der Waals surface area contributed by atoms with Gasteiger partial charge in [0.1, 0.15) is 0 Å². The van der Waals surface area contributed by atoms with Gasteiger partial charge in [-0.1, -0.05) is 35.3 Å². The van der Waals surface area contributed by atoms with Crippen LogP contribution in [-0.4, -0.2) is 21.8 Å². The molecular weight excluding hydrogens is 421 g/mol. The van der Waals surface area contributed by atoms with Crippen LogP contribution in [0.25, 0.3) is 10.9 Å². The molecule has 0 unspecified atom stereocenters. The lowest BCUT2D eigenvalue weighted by atomic mass is 10.2. The van der Waals surface area contributed by atoms with Crippen molar-refractivity contribution in [3.05, 3.63) is 58.2 Å². The number of rotatable bonds is 5. The lowest BCUT2D eigenvalue weighted by Crippen LogP contribution is -2.15. The minimum atomic E-state index is -3.91. The summed E-state index contributed by atoms with van der Waals surface area (Å²) >= 11 is 12.1. The van der Waals surface area contributed by atoms with E-state index in [0.717, 1.165) is 0 Å². The Balaban J connectivity index is 1.94. The molecule has 0 aliphatic carbocycles. The van der Waals surface area contributed by atoms with Gasteiger partial charge in [0.2, 0.25) is 10.0 Å². The van der Waals surface area contributed by atoms with Crippen LogP contribution in [0.5, 0.6) is 0 Å². The molecule has 2 aromatic carbocycles. The van der Waals surface area contributed by atoms with Gasteiger partial charge in [-0.2, -0.15) is 0 Å². The normalized spacial score (nSPS) is 12.4. The molecule has 3 rings (SSSR count). The van der Waals surface area contributed by atoms with Crippen LogP contribution >= 0.6 is 23.2 Å². The van der Waals surface area contributed by atoms with Gasteiger partial charge in [0.15, 0.2) is 0 Å². The van der Waals surface area contributed by atoms with Crippen LogP contribution in [0.3, 0.4) is 0 Å². The van der Waals surface area contributed by atoms with E-state index in [1.807, 2.05) is 0 Å². The Bertz CT molecular complexity index is 1190. The molecule has 0 amide bonds. The highest BCUT2D eigenvalue weighted by molar-refractivity contribution is 7.92. The summed E-state index contributed by atoms with van der Waals surface area (Å²) in [5.41, 5.74) is 1.12. The second-order valence-corrected chi connectivity index (χ2v) is 9.65. The maximum atomic E-state index is 12.6. The molecule has 0 bridgehead atoms. The molecule has 1 heterocycles. The third kappa shape index (κ3) is 3.97. The molecule has 26 heavy (non-hydrogen) atoms. The largest absolute Gasteiger partial charge is 0.358 e. The molecule has 3 aromatic rings. The van der Waals surface area contributed by atoms with Crippen LogP contribution in [0.4, 0.5) is 5.69 Å². The van der Waals surface area contributed by atoms with Crippen molar-refractivity contribution in [2.24, 2.45) is 5.14 Å². The van der Waals surface area contributed by atoms with Gasteiger partial charge in [0.25, 0.3) is 10.0 Å². The Morgan fingerprint density at radius 3 is 2.23 bits per heavy atom. The van der Waals surface area contributed by atoms with Crippen LogP contribution < -0.4 is 9.86 Å². The molecule has 11 heteroatoms. The van der Waals surface area contributed by atoms with E-state index >= 15 is 0 Å². The van der Waals surface area contributed by atoms with E-state index in [0.29, 0.717) is 26.5 Å². The van der Waals surface area contributed by atoms with Gasteiger partial charge < -0.3 is 4.98 Å². The Hall–Kier alpha value is -1.78. The number of hydrogen-bond acceptors (Lipinski definition) is 4. The van der Waals surface area contributed by atoms with Crippen LogP contribution in [0, 0.1) is 0 Å². The number of primary sulfonamides is 1. The number of aromatic amines is 1. The summed E-state index contributed by atoms with van der Waals surface area (Å²) in [4.78, 5) is 2.85. The molecule has 0 radical (unpaired) electrons. The number of anilines is 1. The minimum absolute atomic E-state index is 0.0311. The summed E-state index contributed by atoms with van der Waals surface area (Å²) < 4.78 is 49.9. The number of benzene rings is 2. The summed E-state index contributed by atoms with van der Waals surface area (Å²) in [6.45, 7) is 0. The average Bonchev–Trinajstić information content (AvgIpc) is 2.92. The van der Waals surface area contributed by atoms with Crippen LogP contribution in [0.1, 0.15) is 5.56 Å². The van der Waals surface area contributed by atoms with Gasteiger partial charge in [-0.15, -0.1) is 0 Å². The number of halogens is 2. The minimum Gasteiger partial charge on any atom is -0.358 e. The van der Waals surface area contributed by atoms with Crippen molar-refractivity contribution in [2.75, 3.05) is 4.72 Å². The molecule has 0 spiro atoms. The van der Waals surface area contributed by atoms with Gasteiger partial charge in [0.05, 0.1) is 31.9 Å². The van der Waals surface area contributed by atoms with Gasteiger partial charge in [-0.25, -0.2) is 22.0 Å². The Morgan fingerprint density at radius 1 is 0.962 bits per heavy atom. The summed E-state index contributed by atoms with van der Waals surface area (Å²) in [7, 11) is -7.60. The Kier molecular flexibility index (Phi) is 4.93. The fourth-order valence-electron chi connectivity index (χ4n) is 2.45. The van der Waals surface area contributed by atoms with E-state index in [2.05, 4.69) is 9.71 Å². The standard InChI is InChI=1S/C15H13Cl2N3O4S2/c16-11-5-6-13(15-14(11)12(17)7-19-15)20-26(23,24)10-3-1-9(2-4-10)8-25(18,21)22/h1-7,19-20H,8H2,(H2,18,21,22). The molecule has 138 valence electrons. The predicted octanol–water partition coefficient (Wildman–Crippen LogP) is 3.06. The van der Waals surface area contributed by atoms with E-state index in [9.17, 15) is 16.8 Å². The third-order valence-electron chi connectivity index (χ3n) is 3.58. The molecule has 1 aromatic heterocycles. The zero-order valence-corrected chi connectivity index (χ0v) is 16.2. The first-order valence-corrected chi connectivity index (χ1v) is 11.1. The summed E-state index contributed by atoms with van der Waals surface area (Å²) in [5, 5.41) is 6.25. The van der Waals surface area contributed by atoms with Crippen LogP contribution in [0.15, 0.2) is 47.5 Å². The second kappa shape index (κ2) is 6.75. The molecule has 7 nitrogen and oxygen atoms in total. The molecule has 0 aliphatic heterocycles. The number of aromatic nitrogens is 1. The predicted molar refractivity (Wildman–Crippen MR) is 102 cm³/mol. The molecule has 0 saturated heterocycles. The van der Waals surface area contributed by atoms with E-state index < -0.39 is 20.0 Å². The van der Waals surface area contributed by atoms with Gasteiger partial charge >= 0.3 is 0 Å². The van der Waals surface area contributed by atoms with Crippen molar-refractivity contribution in [1.29, 1.82) is 0 Å². The van der Waals surface area contributed by atoms with E-state index in [-0.39, 0.29) is 16.3 Å². The number of fused-ring (bicyclic) bond motifs is 1. The van der Waals surface area contributed by atoms with Crippen molar-refractivity contribution in [3.8, 4) is 0 Å². The van der Waals surface area contributed by atoms with Crippen molar-refractivity contribution in [2.45, 2.75) is 10.6 Å². The lowest BCUT2D eigenvalue weighted by molar-refractivity contribution is 0.597. The quantitative estimate of drug-likeness (QED) is 0.571. The fourth-order valence-corrected chi connectivity index (χ4v) is 4.74. The molecule has 0 saturated carbocycles. The zero-order valence-electron chi connectivity index (χ0n) is 13.0. The number of H-pyrrole nitrogens is 1. The van der Waals surface area contributed by atoms with Gasteiger partial charge in [-0.3, -0.25) is 4.72 Å². The topological polar surface area (TPSA) is 122 Å². The number of nitrogens with two attached hydrogens (primary N) is 1. The maximum absolute atomic E-state index is 12.6. The molecule has 0 fully saturated rings. The molecule has 4 N–H and O–H groups in total. The Labute approximate surface area is 160 Å². The number of nitrogens with one attached hydrogen (secondary N) is 2. The van der Waals surface area contributed by atoms with Crippen molar-refractivity contribution in [3.63, 3.8) is 0 Å². The van der Waals surface area contributed by atoms with E-state index in [1.165, 1.54) is 42.6 Å². The SMILES string of the molecule is NS(=O)(=O)Cc1ccc(S(=O)(=O)Nc2ccc(Cl)c3c(Cl)c[nH]c23)cc1.